The van der Waals surface area contributed by atoms with Crippen LogP contribution in [0.25, 0.3) is 0 Å². The lowest BCUT2D eigenvalue weighted by Crippen LogP contribution is -2.22. The lowest BCUT2D eigenvalue weighted by atomic mass is 9.85. The molecule has 0 aliphatic heterocycles. The predicted molar refractivity (Wildman–Crippen MR) is 111 cm³/mol. The lowest BCUT2D eigenvalue weighted by molar-refractivity contribution is 0.293. The van der Waals surface area contributed by atoms with Gasteiger partial charge in [-0.2, -0.15) is 9.34 Å². The Hall–Kier alpha value is 0.350. The highest BCUT2D eigenvalue weighted by atomic mass is 31.1. The summed E-state index contributed by atoms with van der Waals surface area (Å²) in [6, 6.07) is 0. The third-order valence-electron chi connectivity index (χ3n) is 4.30. The molecule has 0 fully saturated rings. The van der Waals surface area contributed by atoms with Crippen LogP contribution in [0.1, 0.15) is 86.5 Å². The standard InChI is InChI=1S/C20H45N2P/c1-19(2,3)15-11-10-13-18(14-12-16-20(4,5)6)17-22(9)23-21(7)8/h18,23H,10-17H2,1-9H3/p+1. The zero-order valence-electron chi connectivity index (χ0n) is 17.7. The van der Waals surface area contributed by atoms with Gasteiger partial charge in [-0.05, 0) is 42.4 Å². The smallest absolute Gasteiger partial charge is 0.125 e. The van der Waals surface area contributed by atoms with Gasteiger partial charge in [-0.25, -0.2) is 0 Å². The highest BCUT2D eigenvalue weighted by Crippen LogP contribution is 2.29. The van der Waals surface area contributed by atoms with Crippen molar-refractivity contribution < 1.29 is 0 Å². The van der Waals surface area contributed by atoms with Gasteiger partial charge in [0.15, 0.2) is 0 Å². The number of nitrogens with zero attached hydrogens (tertiary/aromatic N) is 2. The second-order valence-corrected chi connectivity index (χ2v) is 12.3. The Kier molecular flexibility index (Phi) is 11.2. The first-order valence-electron chi connectivity index (χ1n) is 9.61. The highest BCUT2D eigenvalue weighted by molar-refractivity contribution is 7.32. The zero-order chi connectivity index (χ0) is 18.1. The Morgan fingerprint density at radius 3 is 1.70 bits per heavy atom. The minimum absolute atomic E-state index is 0.303. The maximum Gasteiger partial charge on any atom is 0.125 e. The first-order valence-corrected chi connectivity index (χ1v) is 10.6. The van der Waals surface area contributed by atoms with Crippen molar-refractivity contribution in [3.8, 4) is 0 Å². The molecule has 0 saturated heterocycles. The Bertz CT molecular complexity index is 289. The molecule has 0 heterocycles. The van der Waals surface area contributed by atoms with Crippen LogP contribution >= 0.6 is 8.88 Å². The van der Waals surface area contributed by atoms with E-state index in [9.17, 15) is 0 Å². The van der Waals surface area contributed by atoms with E-state index in [-0.39, 0.29) is 0 Å². The molecular weight excluding hydrogens is 299 g/mol. The highest BCUT2D eigenvalue weighted by Gasteiger charge is 2.18. The van der Waals surface area contributed by atoms with Gasteiger partial charge in [0.25, 0.3) is 0 Å². The van der Waals surface area contributed by atoms with E-state index in [0.717, 1.165) is 5.92 Å². The van der Waals surface area contributed by atoms with E-state index in [1.54, 1.807) is 0 Å². The summed E-state index contributed by atoms with van der Waals surface area (Å²) in [6.07, 6.45) is 9.72. The molecule has 0 radical (unpaired) electrons. The lowest BCUT2D eigenvalue weighted by Gasteiger charge is -2.24. The van der Waals surface area contributed by atoms with Crippen molar-refractivity contribution in [1.82, 2.24) is 9.34 Å². The predicted octanol–water partition coefficient (Wildman–Crippen LogP) is 6.16. The van der Waals surface area contributed by atoms with E-state index in [1.165, 1.54) is 51.5 Å². The molecule has 0 rings (SSSR count). The van der Waals surface area contributed by atoms with E-state index in [1.807, 2.05) is 0 Å². The first kappa shape index (κ1) is 23.4. The topological polar surface area (TPSA) is 6.48 Å². The Morgan fingerprint density at radius 2 is 1.22 bits per heavy atom. The van der Waals surface area contributed by atoms with Crippen molar-refractivity contribution in [2.24, 2.45) is 16.7 Å². The molecule has 0 N–H and O–H groups in total. The van der Waals surface area contributed by atoms with E-state index >= 15 is 0 Å². The molecule has 0 aromatic carbocycles. The first-order chi connectivity index (χ1) is 10.4. The molecule has 0 bridgehead atoms. The Balaban J connectivity index is 4.25. The molecule has 0 aromatic heterocycles. The van der Waals surface area contributed by atoms with E-state index < -0.39 is 0 Å². The Labute approximate surface area is 149 Å². The van der Waals surface area contributed by atoms with E-state index in [2.05, 4.69) is 72.0 Å². The number of unbranched alkanes of at least 4 members (excludes halogenated alkanes) is 1. The molecule has 0 aliphatic rings. The molecule has 2 unspecified atom stereocenters. The summed E-state index contributed by atoms with van der Waals surface area (Å²) in [5.74, 6) is 0.884. The van der Waals surface area contributed by atoms with Crippen molar-refractivity contribution in [2.45, 2.75) is 86.5 Å². The molecule has 0 aliphatic carbocycles. The average molecular weight is 346 g/mol. The van der Waals surface area contributed by atoms with Gasteiger partial charge < -0.3 is 0 Å². The quantitative estimate of drug-likeness (QED) is 0.327. The summed E-state index contributed by atoms with van der Waals surface area (Å²) < 4.78 is 4.93. The maximum absolute atomic E-state index is 2.57. The molecule has 0 aromatic rings. The molecule has 23 heavy (non-hydrogen) atoms. The summed E-state index contributed by atoms with van der Waals surface area (Å²) in [4.78, 5) is 0. The van der Waals surface area contributed by atoms with Gasteiger partial charge in [0, 0.05) is 27.7 Å². The molecule has 0 saturated carbocycles. The van der Waals surface area contributed by atoms with Gasteiger partial charge in [0.1, 0.15) is 8.88 Å². The molecule has 2 nitrogen and oxygen atoms in total. The van der Waals surface area contributed by atoms with Gasteiger partial charge in [0.2, 0.25) is 0 Å². The summed E-state index contributed by atoms with van der Waals surface area (Å²) in [5.41, 5.74) is 0.977. The SMILES string of the molecule is CN(C)[PH2+]N(C)CC(CCCCC(C)(C)C)CCCC(C)(C)C. The van der Waals surface area contributed by atoms with Crippen molar-refractivity contribution in [3.05, 3.63) is 0 Å². The molecule has 3 heteroatoms. The van der Waals surface area contributed by atoms with E-state index in [0.29, 0.717) is 19.7 Å². The summed E-state index contributed by atoms with van der Waals surface area (Å²) >= 11 is 0. The summed E-state index contributed by atoms with van der Waals surface area (Å²) in [7, 11) is 7.01. The number of rotatable bonds is 11. The van der Waals surface area contributed by atoms with Crippen molar-refractivity contribution >= 4 is 8.88 Å². The minimum atomic E-state index is 0.303. The van der Waals surface area contributed by atoms with Crippen LogP contribution in [0.3, 0.4) is 0 Å². The van der Waals surface area contributed by atoms with Gasteiger partial charge in [-0.15, -0.1) is 0 Å². The largest absolute Gasteiger partial charge is 0.174 e. The molecule has 2 atom stereocenters. The van der Waals surface area contributed by atoms with E-state index in [4.69, 9.17) is 0 Å². The second kappa shape index (κ2) is 11.1. The third-order valence-corrected chi connectivity index (χ3v) is 5.37. The molecule has 140 valence electrons. The third kappa shape index (κ3) is 17.0. The van der Waals surface area contributed by atoms with Crippen LogP contribution in [0.2, 0.25) is 0 Å². The number of hydrogen-bond acceptors (Lipinski definition) is 2. The van der Waals surface area contributed by atoms with Crippen LogP contribution in [-0.2, 0) is 0 Å². The zero-order valence-corrected chi connectivity index (χ0v) is 18.9. The Morgan fingerprint density at radius 1 is 0.739 bits per heavy atom. The molecule has 0 spiro atoms. The number of hydrogen-bond donors (Lipinski definition) is 0. The van der Waals surface area contributed by atoms with Crippen LogP contribution in [-0.4, -0.2) is 37.0 Å². The summed E-state index contributed by atoms with van der Waals surface area (Å²) in [6.45, 7) is 15.5. The van der Waals surface area contributed by atoms with Crippen molar-refractivity contribution in [3.63, 3.8) is 0 Å². The fourth-order valence-corrected chi connectivity index (χ4v) is 4.37. The molecular formula is C20H46N2P+. The monoisotopic (exact) mass is 345 g/mol. The maximum atomic E-state index is 2.57. The van der Waals surface area contributed by atoms with Crippen LogP contribution < -0.4 is 0 Å². The minimum Gasteiger partial charge on any atom is -0.174 e. The van der Waals surface area contributed by atoms with Crippen LogP contribution in [0.5, 0.6) is 0 Å². The van der Waals surface area contributed by atoms with Gasteiger partial charge in [-0.3, -0.25) is 0 Å². The van der Waals surface area contributed by atoms with Gasteiger partial charge >= 0.3 is 0 Å². The van der Waals surface area contributed by atoms with Crippen molar-refractivity contribution in [2.75, 3.05) is 27.7 Å². The van der Waals surface area contributed by atoms with Crippen molar-refractivity contribution in [1.29, 1.82) is 0 Å². The normalized spacial score (nSPS) is 15.3. The average Bonchev–Trinajstić information content (AvgIpc) is 2.30. The van der Waals surface area contributed by atoms with Crippen LogP contribution in [0, 0.1) is 16.7 Å². The van der Waals surface area contributed by atoms with Crippen LogP contribution in [0.15, 0.2) is 0 Å². The van der Waals surface area contributed by atoms with Gasteiger partial charge in [0.05, 0.1) is 0 Å². The van der Waals surface area contributed by atoms with Gasteiger partial charge in [-0.1, -0.05) is 60.8 Å². The molecule has 0 amide bonds. The fraction of sp³-hybridized carbons (Fsp3) is 1.00. The van der Waals surface area contributed by atoms with Crippen LogP contribution in [0.4, 0.5) is 0 Å². The summed E-state index contributed by atoms with van der Waals surface area (Å²) in [5, 5.41) is 0. The second-order valence-electron chi connectivity index (χ2n) is 10.1. The fourth-order valence-electron chi connectivity index (χ4n) is 3.18.